The molecule has 1 N–H and O–H groups in total. The SMILES string of the molecule is CCOc1cccc(OCCCCCCNC(C)C)c1. The third-order valence-corrected chi connectivity index (χ3v) is 3.01. The van der Waals surface area contributed by atoms with Gasteiger partial charge in [-0.3, -0.25) is 0 Å². The van der Waals surface area contributed by atoms with Crippen molar-refractivity contribution < 1.29 is 9.47 Å². The van der Waals surface area contributed by atoms with Crippen molar-refractivity contribution in [3.05, 3.63) is 24.3 Å². The third-order valence-electron chi connectivity index (χ3n) is 3.01. The molecule has 1 aromatic carbocycles. The molecule has 0 atom stereocenters. The summed E-state index contributed by atoms with van der Waals surface area (Å²) in [6, 6.07) is 8.46. The van der Waals surface area contributed by atoms with E-state index in [0.717, 1.165) is 31.1 Å². The van der Waals surface area contributed by atoms with Gasteiger partial charge >= 0.3 is 0 Å². The average Bonchev–Trinajstić information content (AvgIpc) is 2.42. The standard InChI is InChI=1S/C17H29NO2/c1-4-19-16-10-9-11-17(14-16)20-13-8-6-5-7-12-18-15(2)3/h9-11,14-15,18H,4-8,12-13H2,1-3H3. The third kappa shape index (κ3) is 8.05. The van der Waals surface area contributed by atoms with Gasteiger partial charge in [0.2, 0.25) is 0 Å². The van der Waals surface area contributed by atoms with Gasteiger partial charge in [-0.25, -0.2) is 0 Å². The lowest BCUT2D eigenvalue weighted by molar-refractivity contribution is 0.298. The highest BCUT2D eigenvalue weighted by molar-refractivity contribution is 5.32. The van der Waals surface area contributed by atoms with Gasteiger partial charge in [-0.1, -0.05) is 32.8 Å². The van der Waals surface area contributed by atoms with Gasteiger partial charge < -0.3 is 14.8 Å². The topological polar surface area (TPSA) is 30.5 Å². The molecular formula is C17H29NO2. The minimum Gasteiger partial charge on any atom is -0.494 e. The first-order valence-corrected chi connectivity index (χ1v) is 7.81. The molecule has 3 heteroatoms. The Morgan fingerprint density at radius 1 is 1.00 bits per heavy atom. The van der Waals surface area contributed by atoms with Crippen LogP contribution in [-0.4, -0.2) is 25.8 Å². The molecule has 0 fully saturated rings. The van der Waals surface area contributed by atoms with Crippen molar-refractivity contribution in [2.45, 2.75) is 52.5 Å². The van der Waals surface area contributed by atoms with Crippen LogP contribution in [0.2, 0.25) is 0 Å². The summed E-state index contributed by atoms with van der Waals surface area (Å²) in [5.74, 6) is 1.78. The Kier molecular flexibility index (Phi) is 8.88. The second-order valence-corrected chi connectivity index (χ2v) is 5.28. The van der Waals surface area contributed by atoms with E-state index in [4.69, 9.17) is 9.47 Å². The zero-order chi connectivity index (χ0) is 14.6. The molecular weight excluding hydrogens is 250 g/mol. The van der Waals surface area contributed by atoms with Gasteiger partial charge in [0, 0.05) is 12.1 Å². The number of unbranched alkanes of at least 4 members (excludes halogenated alkanes) is 3. The monoisotopic (exact) mass is 279 g/mol. The van der Waals surface area contributed by atoms with Gasteiger partial charge in [0.05, 0.1) is 13.2 Å². The molecule has 1 rings (SSSR count). The predicted octanol–water partition coefficient (Wildman–Crippen LogP) is 4.02. The quantitative estimate of drug-likeness (QED) is 0.621. The number of rotatable bonds is 11. The molecule has 0 aliphatic rings. The van der Waals surface area contributed by atoms with Crippen molar-refractivity contribution in [1.29, 1.82) is 0 Å². The van der Waals surface area contributed by atoms with Crippen molar-refractivity contribution in [1.82, 2.24) is 5.32 Å². The maximum Gasteiger partial charge on any atom is 0.122 e. The van der Waals surface area contributed by atoms with Crippen LogP contribution in [0.15, 0.2) is 24.3 Å². The molecule has 0 saturated carbocycles. The Labute approximate surface area is 123 Å². The fraction of sp³-hybridized carbons (Fsp3) is 0.647. The van der Waals surface area contributed by atoms with Crippen molar-refractivity contribution in [3.63, 3.8) is 0 Å². The fourth-order valence-electron chi connectivity index (χ4n) is 1.98. The summed E-state index contributed by atoms with van der Waals surface area (Å²) < 4.78 is 11.2. The van der Waals surface area contributed by atoms with Crippen LogP contribution in [0.5, 0.6) is 11.5 Å². The Bertz CT molecular complexity index is 353. The van der Waals surface area contributed by atoms with Crippen molar-refractivity contribution in [2.24, 2.45) is 0 Å². The van der Waals surface area contributed by atoms with Gasteiger partial charge in [-0.05, 0) is 38.4 Å². The molecule has 114 valence electrons. The maximum atomic E-state index is 5.74. The van der Waals surface area contributed by atoms with Crippen molar-refractivity contribution >= 4 is 0 Å². The highest BCUT2D eigenvalue weighted by Crippen LogP contribution is 2.19. The van der Waals surface area contributed by atoms with Crippen LogP contribution in [0.4, 0.5) is 0 Å². The fourth-order valence-corrected chi connectivity index (χ4v) is 1.98. The molecule has 0 bridgehead atoms. The Balaban J connectivity index is 2.05. The lowest BCUT2D eigenvalue weighted by atomic mass is 10.2. The second kappa shape index (κ2) is 10.6. The normalized spacial score (nSPS) is 10.8. The number of hydrogen-bond donors (Lipinski definition) is 1. The lowest BCUT2D eigenvalue weighted by Crippen LogP contribution is -2.23. The highest BCUT2D eigenvalue weighted by atomic mass is 16.5. The zero-order valence-electron chi connectivity index (χ0n) is 13.2. The van der Waals surface area contributed by atoms with Crippen LogP contribution in [0.1, 0.15) is 46.5 Å². The van der Waals surface area contributed by atoms with Gasteiger partial charge in [0.15, 0.2) is 0 Å². The number of benzene rings is 1. The van der Waals surface area contributed by atoms with E-state index < -0.39 is 0 Å². The summed E-state index contributed by atoms with van der Waals surface area (Å²) in [4.78, 5) is 0. The van der Waals surface area contributed by atoms with E-state index in [1.54, 1.807) is 0 Å². The maximum absolute atomic E-state index is 5.74. The van der Waals surface area contributed by atoms with Crippen LogP contribution < -0.4 is 14.8 Å². The molecule has 0 aliphatic heterocycles. The first kappa shape index (κ1) is 16.8. The molecule has 0 heterocycles. The van der Waals surface area contributed by atoms with E-state index in [1.807, 2.05) is 31.2 Å². The van der Waals surface area contributed by atoms with Gasteiger partial charge in [0.25, 0.3) is 0 Å². The average molecular weight is 279 g/mol. The zero-order valence-corrected chi connectivity index (χ0v) is 13.2. The molecule has 0 radical (unpaired) electrons. The molecule has 1 aromatic rings. The molecule has 0 amide bonds. The van der Waals surface area contributed by atoms with Crippen LogP contribution in [0.3, 0.4) is 0 Å². The predicted molar refractivity (Wildman–Crippen MR) is 84.7 cm³/mol. The number of nitrogens with one attached hydrogen (secondary N) is 1. The first-order valence-electron chi connectivity index (χ1n) is 7.81. The number of hydrogen-bond acceptors (Lipinski definition) is 3. The van der Waals surface area contributed by atoms with Gasteiger partial charge in [0.1, 0.15) is 11.5 Å². The summed E-state index contributed by atoms with van der Waals surface area (Å²) in [5, 5.41) is 3.44. The first-order chi connectivity index (χ1) is 9.72. The summed E-state index contributed by atoms with van der Waals surface area (Å²) in [6.45, 7) is 8.95. The van der Waals surface area contributed by atoms with E-state index in [9.17, 15) is 0 Å². The molecule has 20 heavy (non-hydrogen) atoms. The Morgan fingerprint density at radius 2 is 1.70 bits per heavy atom. The van der Waals surface area contributed by atoms with Crippen molar-refractivity contribution in [2.75, 3.05) is 19.8 Å². The Hall–Kier alpha value is -1.22. The van der Waals surface area contributed by atoms with E-state index in [0.29, 0.717) is 12.6 Å². The lowest BCUT2D eigenvalue weighted by Gasteiger charge is -2.09. The largest absolute Gasteiger partial charge is 0.494 e. The smallest absolute Gasteiger partial charge is 0.122 e. The highest BCUT2D eigenvalue weighted by Gasteiger charge is 1.98. The van der Waals surface area contributed by atoms with Crippen LogP contribution in [0.25, 0.3) is 0 Å². The Morgan fingerprint density at radius 3 is 2.40 bits per heavy atom. The molecule has 3 nitrogen and oxygen atoms in total. The molecule has 0 saturated heterocycles. The molecule has 0 unspecified atom stereocenters. The second-order valence-electron chi connectivity index (χ2n) is 5.28. The van der Waals surface area contributed by atoms with Crippen LogP contribution in [0, 0.1) is 0 Å². The number of ether oxygens (including phenoxy) is 2. The van der Waals surface area contributed by atoms with Crippen molar-refractivity contribution in [3.8, 4) is 11.5 Å². The molecule has 0 spiro atoms. The summed E-state index contributed by atoms with van der Waals surface area (Å²) in [6.07, 6.45) is 4.85. The summed E-state index contributed by atoms with van der Waals surface area (Å²) >= 11 is 0. The van der Waals surface area contributed by atoms with E-state index >= 15 is 0 Å². The van der Waals surface area contributed by atoms with E-state index in [-0.39, 0.29) is 0 Å². The summed E-state index contributed by atoms with van der Waals surface area (Å²) in [7, 11) is 0. The summed E-state index contributed by atoms with van der Waals surface area (Å²) in [5.41, 5.74) is 0. The van der Waals surface area contributed by atoms with Gasteiger partial charge in [-0.2, -0.15) is 0 Å². The van der Waals surface area contributed by atoms with E-state index in [2.05, 4.69) is 19.2 Å². The minimum absolute atomic E-state index is 0.593. The van der Waals surface area contributed by atoms with Gasteiger partial charge in [-0.15, -0.1) is 0 Å². The van der Waals surface area contributed by atoms with Crippen LogP contribution >= 0.6 is 0 Å². The van der Waals surface area contributed by atoms with Crippen LogP contribution in [-0.2, 0) is 0 Å². The molecule has 0 aromatic heterocycles. The molecule has 0 aliphatic carbocycles. The minimum atomic E-state index is 0.593. The van der Waals surface area contributed by atoms with E-state index in [1.165, 1.54) is 19.3 Å².